The number of rotatable bonds is 7. The molecule has 0 saturated carbocycles. The number of aliphatic hydroxyl groups excluding tert-OH is 1. The number of allylic oxidation sites excluding steroid dienone is 1. The minimum Gasteiger partial charge on any atom is -0.424 e. The molecule has 0 bridgehead atoms. The molecule has 0 fully saturated rings. The Labute approximate surface area is 146 Å². The van der Waals surface area contributed by atoms with E-state index in [1.165, 1.54) is 0 Å². The highest BCUT2D eigenvalue weighted by molar-refractivity contribution is 6.98. The topological polar surface area (TPSA) is 40.5 Å². The van der Waals surface area contributed by atoms with Gasteiger partial charge in [0.2, 0.25) is 0 Å². The van der Waals surface area contributed by atoms with E-state index in [0.717, 1.165) is 28.8 Å². The van der Waals surface area contributed by atoms with Crippen LogP contribution in [0.4, 0.5) is 0 Å². The van der Waals surface area contributed by atoms with Crippen LogP contribution in [-0.4, -0.2) is 24.8 Å². The van der Waals surface area contributed by atoms with Gasteiger partial charge in [-0.2, -0.15) is 0 Å². The summed E-state index contributed by atoms with van der Waals surface area (Å²) >= 11 is 0. The van der Waals surface area contributed by atoms with Crippen molar-refractivity contribution in [3.05, 3.63) is 72.3 Å². The van der Waals surface area contributed by atoms with Gasteiger partial charge in [-0.05, 0) is 40.8 Å². The SMILES string of the molecule is C/C=C(/CO)CCC(C)(C)[Si](O)(c1ccccc1)c1ccccc1. The van der Waals surface area contributed by atoms with Gasteiger partial charge in [0.25, 0.3) is 8.32 Å². The molecule has 0 aliphatic rings. The average Bonchev–Trinajstić information content (AvgIpc) is 2.63. The molecule has 128 valence electrons. The van der Waals surface area contributed by atoms with Gasteiger partial charge in [0.1, 0.15) is 0 Å². The van der Waals surface area contributed by atoms with E-state index >= 15 is 0 Å². The van der Waals surface area contributed by atoms with Crippen molar-refractivity contribution >= 4 is 18.7 Å². The van der Waals surface area contributed by atoms with Crippen molar-refractivity contribution in [2.45, 2.75) is 38.7 Å². The lowest BCUT2D eigenvalue weighted by Gasteiger charge is -2.41. The van der Waals surface area contributed by atoms with Crippen LogP contribution in [0.5, 0.6) is 0 Å². The lowest BCUT2D eigenvalue weighted by molar-refractivity contribution is 0.323. The van der Waals surface area contributed by atoms with Gasteiger partial charge in [-0.1, -0.05) is 80.6 Å². The third kappa shape index (κ3) is 3.69. The normalized spacial score (nSPS) is 13.1. The maximum absolute atomic E-state index is 12.0. The molecule has 2 nitrogen and oxygen atoms in total. The molecule has 0 aliphatic carbocycles. The minimum absolute atomic E-state index is 0.0865. The van der Waals surface area contributed by atoms with E-state index in [1.54, 1.807) is 0 Å². The van der Waals surface area contributed by atoms with Crippen LogP contribution in [0.1, 0.15) is 33.6 Å². The Morgan fingerprint density at radius 1 is 0.958 bits per heavy atom. The van der Waals surface area contributed by atoms with E-state index in [2.05, 4.69) is 13.8 Å². The Balaban J connectivity index is 2.46. The van der Waals surface area contributed by atoms with Crippen LogP contribution in [0.25, 0.3) is 0 Å². The first-order valence-corrected chi connectivity index (χ1v) is 10.5. The van der Waals surface area contributed by atoms with Crippen molar-refractivity contribution in [1.82, 2.24) is 0 Å². The fourth-order valence-electron chi connectivity index (χ4n) is 3.28. The van der Waals surface area contributed by atoms with Crippen LogP contribution in [0.3, 0.4) is 0 Å². The van der Waals surface area contributed by atoms with Gasteiger partial charge in [0.05, 0.1) is 6.61 Å². The molecular weight excluding hydrogens is 312 g/mol. The molecule has 0 heterocycles. The highest BCUT2D eigenvalue weighted by Crippen LogP contribution is 2.40. The molecule has 3 heteroatoms. The van der Waals surface area contributed by atoms with Crippen molar-refractivity contribution in [2.24, 2.45) is 0 Å². The van der Waals surface area contributed by atoms with Crippen LogP contribution in [0, 0.1) is 0 Å². The van der Waals surface area contributed by atoms with Crippen LogP contribution in [0.15, 0.2) is 72.3 Å². The predicted molar refractivity (Wildman–Crippen MR) is 104 cm³/mol. The Morgan fingerprint density at radius 3 is 1.79 bits per heavy atom. The van der Waals surface area contributed by atoms with Crippen LogP contribution >= 0.6 is 0 Å². The highest BCUT2D eigenvalue weighted by Gasteiger charge is 2.49. The average molecular weight is 341 g/mol. The zero-order chi connectivity index (χ0) is 17.6. The Bertz CT molecular complexity index is 623. The van der Waals surface area contributed by atoms with Gasteiger partial charge in [0.15, 0.2) is 0 Å². The van der Waals surface area contributed by atoms with Gasteiger partial charge >= 0.3 is 0 Å². The maximum atomic E-state index is 12.0. The number of aliphatic hydroxyl groups is 1. The first-order chi connectivity index (χ1) is 11.5. The van der Waals surface area contributed by atoms with E-state index in [-0.39, 0.29) is 11.6 Å². The molecule has 0 unspecified atom stereocenters. The fraction of sp³-hybridized carbons (Fsp3) is 0.333. The van der Waals surface area contributed by atoms with E-state index in [4.69, 9.17) is 0 Å². The smallest absolute Gasteiger partial charge is 0.258 e. The summed E-state index contributed by atoms with van der Waals surface area (Å²) in [4.78, 5) is 12.0. The fourth-order valence-corrected chi connectivity index (χ4v) is 7.01. The molecule has 0 amide bonds. The zero-order valence-corrected chi connectivity index (χ0v) is 15.9. The number of hydrogen-bond donors (Lipinski definition) is 2. The molecule has 0 saturated heterocycles. The molecule has 2 rings (SSSR count). The summed E-state index contributed by atoms with van der Waals surface area (Å²) in [5, 5.41) is 11.2. The summed E-state index contributed by atoms with van der Waals surface area (Å²) in [5.41, 5.74) is 1.03. The van der Waals surface area contributed by atoms with Crippen LogP contribution in [0.2, 0.25) is 5.04 Å². The van der Waals surface area contributed by atoms with Crippen molar-refractivity contribution in [3.63, 3.8) is 0 Å². The molecule has 0 atom stereocenters. The third-order valence-electron chi connectivity index (χ3n) is 5.05. The van der Waals surface area contributed by atoms with E-state index in [1.807, 2.05) is 73.7 Å². The molecule has 2 N–H and O–H groups in total. The van der Waals surface area contributed by atoms with E-state index in [9.17, 15) is 9.90 Å². The van der Waals surface area contributed by atoms with Crippen LogP contribution in [-0.2, 0) is 0 Å². The molecule has 2 aromatic carbocycles. The molecular formula is C21H28O2Si. The lowest BCUT2D eigenvalue weighted by Crippen LogP contribution is -2.65. The third-order valence-corrected chi connectivity index (χ3v) is 9.59. The van der Waals surface area contributed by atoms with Crippen molar-refractivity contribution in [2.75, 3.05) is 6.61 Å². The second kappa shape index (κ2) is 7.93. The molecule has 0 radical (unpaired) electrons. The van der Waals surface area contributed by atoms with Crippen molar-refractivity contribution in [3.8, 4) is 0 Å². The summed E-state index contributed by atoms with van der Waals surface area (Å²) in [5.74, 6) is 0. The van der Waals surface area contributed by atoms with Crippen molar-refractivity contribution in [1.29, 1.82) is 0 Å². The summed E-state index contributed by atoms with van der Waals surface area (Å²) in [7, 11) is -2.93. The molecule has 0 spiro atoms. The largest absolute Gasteiger partial charge is 0.424 e. The maximum Gasteiger partial charge on any atom is 0.258 e. The predicted octanol–water partition coefficient (Wildman–Crippen LogP) is 3.24. The standard InChI is InChI=1S/C21H28O2Si/c1-4-18(17-22)15-16-21(2,3)24(23,19-11-7-5-8-12-19)20-13-9-6-10-14-20/h4-14,22-23H,15-17H2,1-3H3/b18-4+. The summed E-state index contributed by atoms with van der Waals surface area (Å²) in [6.45, 7) is 6.35. The minimum atomic E-state index is -2.93. The Hall–Kier alpha value is -1.68. The zero-order valence-electron chi connectivity index (χ0n) is 14.9. The van der Waals surface area contributed by atoms with Gasteiger partial charge in [-0.3, -0.25) is 0 Å². The first kappa shape index (κ1) is 18.7. The van der Waals surface area contributed by atoms with Crippen molar-refractivity contribution < 1.29 is 9.90 Å². The Kier molecular flexibility index (Phi) is 6.16. The Morgan fingerprint density at radius 2 is 1.42 bits per heavy atom. The second-order valence-corrected chi connectivity index (χ2v) is 10.9. The van der Waals surface area contributed by atoms with Gasteiger partial charge in [-0.15, -0.1) is 0 Å². The number of hydrogen-bond acceptors (Lipinski definition) is 2. The van der Waals surface area contributed by atoms with Crippen LogP contribution < -0.4 is 10.4 Å². The van der Waals surface area contributed by atoms with Gasteiger partial charge in [-0.25, -0.2) is 0 Å². The van der Waals surface area contributed by atoms with E-state index < -0.39 is 8.32 Å². The quantitative estimate of drug-likeness (QED) is 0.600. The second-order valence-electron chi connectivity index (χ2n) is 6.93. The summed E-state index contributed by atoms with van der Waals surface area (Å²) in [6, 6.07) is 20.1. The highest BCUT2D eigenvalue weighted by atomic mass is 28.4. The molecule has 24 heavy (non-hydrogen) atoms. The monoisotopic (exact) mass is 340 g/mol. The molecule has 0 aliphatic heterocycles. The lowest BCUT2D eigenvalue weighted by atomic mass is 10.0. The van der Waals surface area contributed by atoms with E-state index in [0.29, 0.717) is 0 Å². The molecule has 2 aromatic rings. The summed E-state index contributed by atoms with van der Waals surface area (Å²) in [6.07, 6.45) is 3.61. The van der Waals surface area contributed by atoms with Gasteiger partial charge in [0, 0.05) is 0 Å². The molecule has 0 aromatic heterocycles. The van der Waals surface area contributed by atoms with Gasteiger partial charge < -0.3 is 9.90 Å². The summed E-state index contributed by atoms with van der Waals surface area (Å²) < 4.78 is 0. The first-order valence-electron chi connectivity index (χ1n) is 8.54. The number of benzene rings is 2.